The molecular weight excluding hydrogens is 230 g/mol. The average molecular weight is 247 g/mol. The topological polar surface area (TPSA) is 62.3 Å². The van der Waals surface area contributed by atoms with Crippen molar-refractivity contribution in [3.8, 4) is 0 Å². The van der Waals surface area contributed by atoms with Gasteiger partial charge in [0.2, 0.25) is 11.8 Å². The maximum absolute atomic E-state index is 12.0. The monoisotopic (exact) mass is 247 g/mol. The fourth-order valence-corrected chi connectivity index (χ4v) is 2.13. The summed E-state index contributed by atoms with van der Waals surface area (Å²) in [7, 11) is 0. The molecule has 2 rings (SSSR count). The summed E-state index contributed by atoms with van der Waals surface area (Å²) in [5.41, 5.74) is 1.56. The van der Waals surface area contributed by atoms with Crippen LogP contribution in [0.1, 0.15) is 19.5 Å². The molecule has 1 N–H and O–H groups in total. The van der Waals surface area contributed by atoms with Gasteiger partial charge in [0.05, 0.1) is 18.4 Å². The molecule has 1 aliphatic rings. The molecule has 1 aliphatic heterocycles. The number of pyridine rings is 1. The van der Waals surface area contributed by atoms with E-state index in [2.05, 4.69) is 10.3 Å². The van der Waals surface area contributed by atoms with Crippen molar-refractivity contribution < 1.29 is 9.59 Å². The van der Waals surface area contributed by atoms with Crippen LogP contribution in [-0.2, 0) is 9.59 Å². The quantitative estimate of drug-likeness (QED) is 0.843. The van der Waals surface area contributed by atoms with Crippen LogP contribution in [0, 0.1) is 12.8 Å². The Hall–Kier alpha value is -1.91. The Morgan fingerprint density at radius 2 is 2.11 bits per heavy atom. The van der Waals surface area contributed by atoms with Gasteiger partial charge in [-0.05, 0) is 25.0 Å². The molecule has 0 aliphatic carbocycles. The average Bonchev–Trinajstić information content (AvgIpc) is 2.32. The summed E-state index contributed by atoms with van der Waals surface area (Å²) in [5, 5.41) is 2.62. The first-order chi connectivity index (χ1) is 8.50. The first kappa shape index (κ1) is 12.5. The molecule has 0 spiro atoms. The van der Waals surface area contributed by atoms with Crippen LogP contribution in [0.3, 0.4) is 0 Å². The van der Waals surface area contributed by atoms with Crippen LogP contribution in [-0.4, -0.2) is 29.4 Å². The molecule has 1 aromatic heterocycles. The highest BCUT2D eigenvalue weighted by Gasteiger charge is 2.37. The van der Waals surface area contributed by atoms with E-state index in [1.54, 1.807) is 11.1 Å². The van der Waals surface area contributed by atoms with Crippen LogP contribution in [0.25, 0.3) is 0 Å². The summed E-state index contributed by atoms with van der Waals surface area (Å²) in [6.45, 7) is 5.79. The third-order valence-corrected chi connectivity index (χ3v) is 3.03. The number of piperazine rings is 1. The molecule has 0 saturated carbocycles. The summed E-state index contributed by atoms with van der Waals surface area (Å²) in [6, 6.07) is 3.21. The molecule has 1 aromatic rings. The van der Waals surface area contributed by atoms with Gasteiger partial charge >= 0.3 is 0 Å². The predicted octanol–water partition coefficient (Wildman–Crippen LogP) is 0.877. The Balaban J connectivity index is 2.39. The van der Waals surface area contributed by atoms with Crippen LogP contribution >= 0.6 is 0 Å². The second kappa shape index (κ2) is 4.76. The Labute approximate surface area is 106 Å². The van der Waals surface area contributed by atoms with Crippen LogP contribution < -0.4 is 10.2 Å². The van der Waals surface area contributed by atoms with E-state index in [0.29, 0.717) is 5.69 Å². The van der Waals surface area contributed by atoms with Crippen molar-refractivity contribution in [3.05, 3.63) is 24.0 Å². The van der Waals surface area contributed by atoms with Gasteiger partial charge in [-0.15, -0.1) is 0 Å². The molecule has 18 heavy (non-hydrogen) atoms. The highest BCUT2D eigenvalue weighted by Crippen LogP contribution is 2.23. The van der Waals surface area contributed by atoms with Crippen molar-refractivity contribution in [2.24, 2.45) is 5.92 Å². The number of nitrogens with zero attached hydrogens (tertiary/aromatic N) is 2. The van der Waals surface area contributed by atoms with Gasteiger partial charge in [-0.25, -0.2) is 0 Å². The van der Waals surface area contributed by atoms with Crippen LogP contribution in [0.5, 0.6) is 0 Å². The third kappa shape index (κ3) is 2.20. The third-order valence-electron chi connectivity index (χ3n) is 3.03. The summed E-state index contributed by atoms with van der Waals surface area (Å²) in [6.07, 6.45) is 1.64. The highest BCUT2D eigenvalue weighted by molar-refractivity contribution is 6.06. The Bertz CT molecular complexity index is 468. The molecule has 96 valence electrons. The molecule has 0 radical (unpaired) electrons. The van der Waals surface area contributed by atoms with Crippen LogP contribution in [0.2, 0.25) is 0 Å². The number of hydrogen-bond donors (Lipinski definition) is 1. The zero-order chi connectivity index (χ0) is 13.3. The zero-order valence-electron chi connectivity index (χ0n) is 10.8. The van der Waals surface area contributed by atoms with Crippen molar-refractivity contribution in [1.29, 1.82) is 0 Å². The van der Waals surface area contributed by atoms with Gasteiger partial charge in [0.25, 0.3) is 0 Å². The maximum atomic E-state index is 12.0. The van der Waals surface area contributed by atoms with E-state index in [4.69, 9.17) is 0 Å². The standard InChI is InChI=1S/C13H17N3O2/c1-8(2)12-13(18)15-7-11(17)16(12)10-5-4-9(3)14-6-10/h4-6,8,12H,7H2,1-3H3,(H,15,18). The molecule has 1 fully saturated rings. The van der Waals surface area contributed by atoms with Crippen molar-refractivity contribution in [3.63, 3.8) is 0 Å². The number of anilines is 1. The number of hydrogen-bond acceptors (Lipinski definition) is 3. The van der Waals surface area contributed by atoms with Gasteiger partial charge in [-0.2, -0.15) is 0 Å². The van der Waals surface area contributed by atoms with Crippen LogP contribution in [0.15, 0.2) is 18.3 Å². The first-order valence-electron chi connectivity index (χ1n) is 6.03. The molecular formula is C13H17N3O2. The molecule has 1 saturated heterocycles. The van der Waals surface area contributed by atoms with Crippen molar-refractivity contribution >= 4 is 17.5 Å². The number of carbonyl (C=O) groups is 2. The van der Waals surface area contributed by atoms with Crippen molar-refractivity contribution in [2.45, 2.75) is 26.8 Å². The normalized spacial score (nSPS) is 20.2. The fraction of sp³-hybridized carbons (Fsp3) is 0.462. The minimum Gasteiger partial charge on any atom is -0.345 e. The fourth-order valence-electron chi connectivity index (χ4n) is 2.13. The van der Waals surface area contributed by atoms with Gasteiger partial charge < -0.3 is 5.32 Å². The van der Waals surface area contributed by atoms with E-state index in [1.165, 1.54) is 0 Å². The van der Waals surface area contributed by atoms with E-state index < -0.39 is 6.04 Å². The van der Waals surface area contributed by atoms with Gasteiger partial charge in [-0.1, -0.05) is 13.8 Å². The number of carbonyl (C=O) groups excluding carboxylic acids is 2. The molecule has 2 heterocycles. The number of rotatable bonds is 2. The lowest BCUT2D eigenvalue weighted by Crippen LogP contribution is -2.60. The van der Waals surface area contributed by atoms with Crippen molar-refractivity contribution in [1.82, 2.24) is 10.3 Å². The molecule has 2 amide bonds. The van der Waals surface area contributed by atoms with Gasteiger partial charge in [0, 0.05) is 5.69 Å². The molecule has 0 bridgehead atoms. The highest BCUT2D eigenvalue weighted by atomic mass is 16.2. The minimum atomic E-state index is -0.462. The largest absolute Gasteiger partial charge is 0.345 e. The smallest absolute Gasteiger partial charge is 0.247 e. The Kier molecular flexibility index (Phi) is 3.32. The van der Waals surface area contributed by atoms with Gasteiger partial charge in [0.1, 0.15) is 6.04 Å². The molecule has 5 nitrogen and oxygen atoms in total. The lowest BCUT2D eigenvalue weighted by molar-refractivity contribution is -0.131. The Morgan fingerprint density at radius 3 is 2.67 bits per heavy atom. The number of amides is 2. The molecule has 1 atom stereocenters. The van der Waals surface area contributed by atoms with Crippen LogP contribution in [0.4, 0.5) is 5.69 Å². The molecule has 5 heteroatoms. The summed E-state index contributed by atoms with van der Waals surface area (Å²) in [4.78, 5) is 29.7. The lowest BCUT2D eigenvalue weighted by atomic mass is 9.99. The van der Waals surface area contributed by atoms with E-state index in [1.807, 2.05) is 32.9 Å². The lowest BCUT2D eigenvalue weighted by Gasteiger charge is -2.36. The second-order valence-electron chi connectivity index (χ2n) is 4.83. The van der Waals surface area contributed by atoms with E-state index in [0.717, 1.165) is 5.69 Å². The van der Waals surface area contributed by atoms with E-state index in [-0.39, 0.29) is 24.3 Å². The van der Waals surface area contributed by atoms with Crippen molar-refractivity contribution in [2.75, 3.05) is 11.4 Å². The number of aromatic nitrogens is 1. The van der Waals surface area contributed by atoms with Gasteiger partial charge in [0.15, 0.2) is 0 Å². The second-order valence-corrected chi connectivity index (χ2v) is 4.83. The molecule has 0 aromatic carbocycles. The van der Waals surface area contributed by atoms with E-state index >= 15 is 0 Å². The SMILES string of the molecule is Cc1ccc(N2C(=O)CNC(=O)C2C(C)C)cn1. The predicted molar refractivity (Wildman–Crippen MR) is 68.1 cm³/mol. The number of nitrogens with one attached hydrogen (secondary N) is 1. The Morgan fingerprint density at radius 1 is 1.39 bits per heavy atom. The summed E-state index contributed by atoms with van der Waals surface area (Å²) in [5.74, 6) is -0.153. The summed E-state index contributed by atoms with van der Waals surface area (Å²) >= 11 is 0. The maximum Gasteiger partial charge on any atom is 0.247 e. The number of aryl methyl sites for hydroxylation is 1. The molecule has 1 unspecified atom stereocenters. The van der Waals surface area contributed by atoms with Gasteiger partial charge in [-0.3, -0.25) is 19.5 Å². The first-order valence-corrected chi connectivity index (χ1v) is 6.03. The zero-order valence-corrected chi connectivity index (χ0v) is 10.8. The minimum absolute atomic E-state index is 0.0514. The summed E-state index contributed by atoms with van der Waals surface area (Å²) < 4.78 is 0. The van der Waals surface area contributed by atoms with E-state index in [9.17, 15) is 9.59 Å².